The van der Waals surface area contributed by atoms with Gasteiger partial charge in [0.1, 0.15) is 11.7 Å². The maximum Gasteiger partial charge on any atom is 0.416 e. The molecule has 1 aromatic heterocycles. The van der Waals surface area contributed by atoms with E-state index in [1.165, 1.54) is 12.1 Å². The van der Waals surface area contributed by atoms with Crippen LogP contribution >= 0.6 is 0 Å². The molecule has 3 nitrogen and oxygen atoms in total. The molecule has 0 bridgehead atoms. The number of quaternary nitrogens is 1. The Balaban J connectivity index is 2.29. The molecule has 2 aromatic rings. The van der Waals surface area contributed by atoms with Crippen LogP contribution < -0.4 is 5.73 Å². The van der Waals surface area contributed by atoms with E-state index in [1.54, 1.807) is 17.1 Å². The maximum atomic E-state index is 12.4. The second-order valence-corrected chi connectivity index (χ2v) is 4.15. The van der Waals surface area contributed by atoms with E-state index in [2.05, 4.69) is 10.7 Å². The number of rotatable bonds is 2. The van der Waals surface area contributed by atoms with Crippen molar-refractivity contribution < 1.29 is 18.9 Å². The Kier molecular flexibility index (Phi) is 3.13. The molecule has 1 heterocycles. The van der Waals surface area contributed by atoms with Gasteiger partial charge in [-0.15, -0.1) is 0 Å². The van der Waals surface area contributed by atoms with E-state index in [9.17, 15) is 13.2 Å². The van der Waals surface area contributed by atoms with Gasteiger partial charge in [0.05, 0.1) is 11.9 Å². The lowest BCUT2D eigenvalue weighted by atomic mass is 10.2. The molecule has 1 atom stereocenters. The Morgan fingerprint density at radius 3 is 2.28 bits per heavy atom. The summed E-state index contributed by atoms with van der Waals surface area (Å²) in [4.78, 5) is 4.14. The van der Waals surface area contributed by atoms with Crippen LogP contribution in [0.2, 0.25) is 0 Å². The topological polar surface area (TPSA) is 45.5 Å². The molecule has 0 aliphatic carbocycles. The van der Waals surface area contributed by atoms with E-state index in [0.717, 1.165) is 17.8 Å². The predicted molar refractivity (Wildman–Crippen MR) is 59.9 cm³/mol. The molecule has 0 amide bonds. The van der Waals surface area contributed by atoms with Crippen molar-refractivity contribution in [2.45, 2.75) is 19.1 Å². The van der Waals surface area contributed by atoms with Gasteiger partial charge < -0.3 is 10.3 Å². The molecule has 0 aliphatic heterocycles. The van der Waals surface area contributed by atoms with E-state index in [1.807, 2.05) is 6.92 Å². The van der Waals surface area contributed by atoms with Crippen LogP contribution in [-0.4, -0.2) is 9.55 Å². The summed E-state index contributed by atoms with van der Waals surface area (Å²) in [6.07, 6.45) is -0.972. The average molecular weight is 256 g/mol. The third kappa shape index (κ3) is 2.53. The van der Waals surface area contributed by atoms with Crippen LogP contribution in [0.5, 0.6) is 0 Å². The monoisotopic (exact) mass is 256 g/mol. The third-order valence-corrected chi connectivity index (χ3v) is 2.60. The largest absolute Gasteiger partial charge is 0.416 e. The Morgan fingerprint density at radius 1 is 1.22 bits per heavy atom. The van der Waals surface area contributed by atoms with Crippen molar-refractivity contribution in [3.05, 3.63) is 48.0 Å². The van der Waals surface area contributed by atoms with Crippen LogP contribution in [0.4, 0.5) is 13.2 Å². The van der Waals surface area contributed by atoms with Crippen molar-refractivity contribution in [1.29, 1.82) is 0 Å². The second-order valence-electron chi connectivity index (χ2n) is 4.15. The van der Waals surface area contributed by atoms with Crippen LogP contribution in [-0.2, 0) is 6.18 Å². The Labute approximate surface area is 102 Å². The van der Waals surface area contributed by atoms with Gasteiger partial charge in [-0.3, -0.25) is 0 Å². The lowest BCUT2D eigenvalue weighted by Crippen LogP contribution is -2.51. The van der Waals surface area contributed by atoms with E-state index in [4.69, 9.17) is 0 Å². The standard InChI is InChI=1S/C12H12F3N3/c1-8(16)11-6-18(7-17-11)10-4-2-9(3-5-10)12(13,14)15/h2-8H,16H2,1H3/p+1/t8-/m0/s1. The van der Waals surface area contributed by atoms with Crippen molar-refractivity contribution in [2.24, 2.45) is 0 Å². The van der Waals surface area contributed by atoms with Gasteiger partial charge in [0.2, 0.25) is 0 Å². The molecule has 0 saturated heterocycles. The summed E-state index contributed by atoms with van der Waals surface area (Å²) >= 11 is 0. The maximum absolute atomic E-state index is 12.4. The molecule has 0 saturated carbocycles. The molecule has 0 unspecified atom stereocenters. The zero-order valence-corrected chi connectivity index (χ0v) is 9.78. The number of benzene rings is 1. The fourth-order valence-electron chi connectivity index (χ4n) is 1.56. The minimum Gasteiger partial charge on any atom is -0.350 e. The Bertz CT molecular complexity index is 526. The van der Waals surface area contributed by atoms with Crippen molar-refractivity contribution in [3.8, 4) is 5.69 Å². The normalized spacial score (nSPS) is 13.6. The number of nitrogens with zero attached hydrogens (tertiary/aromatic N) is 2. The Morgan fingerprint density at radius 2 is 1.83 bits per heavy atom. The number of hydrogen-bond acceptors (Lipinski definition) is 1. The number of aromatic nitrogens is 2. The van der Waals surface area contributed by atoms with Crippen LogP contribution in [0, 0.1) is 0 Å². The molecule has 0 spiro atoms. The van der Waals surface area contributed by atoms with E-state index < -0.39 is 11.7 Å². The zero-order valence-electron chi connectivity index (χ0n) is 9.78. The highest BCUT2D eigenvalue weighted by Gasteiger charge is 2.29. The lowest BCUT2D eigenvalue weighted by Gasteiger charge is -2.07. The van der Waals surface area contributed by atoms with Crippen LogP contribution in [0.25, 0.3) is 5.69 Å². The van der Waals surface area contributed by atoms with Gasteiger partial charge in [0.25, 0.3) is 0 Å². The van der Waals surface area contributed by atoms with Crippen LogP contribution in [0.1, 0.15) is 24.2 Å². The fourth-order valence-corrected chi connectivity index (χ4v) is 1.56. The molecule has 18 heavy (non-hydrogen) atoms. The van der Waals surface area contributed by atoms with Crippen molar-refractivity contribution >= 4 is 0 Å². The highest BCUT2D eigenvalue weighted by atomic mass is 19.4. The molecule has 96 valence electrons. The second kappa shape index (κ2) is 4.45. The first-order valence-corrected chi connectivity index (χ1v) is 5.42. The minimum absolute atomic E-state index is 0.0423. The average Bonchev–Trinajstić information content (AvgIpc) is 2.77. The molecule has 0 aliphatic rings. The van der Waals surface area contributed by atoms with Crippen molar-refractivity contribution in [2.75, 3.05) is 0 Å². The third-order valence-electron chi connectivity index (χ3n) is 2.60. The summed E-state index contributed by atoms with van der Waals surface area (Å²) in [5, 5.41) is 0. The molecule has 0 radical (unpaired) electrons. The van der Waals surface area contributed by atoms with Gasteiger partial charge in [0, 0.05) is 11.9 Å². The van der Waals surface area contributed by atoms with E-state index >= 15 is 0 Å². The first-order chi connectivity index (χ1) is 8.38. The quantitative estimate of drug-likeness (QED) is 0.879. The van der Waals surface area contributed by atoms with Gasteiger partial charge in [-0.25, -0.2) is 4.98 Å². The summed E-state index contributed by atoms with van der Waals surface area (Å²) < 4.78 is 38.9. The summed E-state index contributed by atoms with van der Waals surface area (Å²) in [6, 6.07) is 5.00. The number of halogens is 3. The highest BCUT2D eigenvalue weighted by Crippen LogP contribution is 2.29. The molecule has 1 aromatic carbocycles. The summed E-state index contributed by atoms with van der Waals surface area (Å²) in [6.45, 7) is 1.90. The van der Waals surface area contributed by atoms with Gasteiger partial charge in [-0.05, 0) is 31.2 Å². The van der Waals surface area contributed by atoms with E-state index in [0.29, 0.717) is 5.69 Å². The highest BCUT2D eigenvalue weighted by molar-refractivity contribution is 5.36. The van der Waals surface area contributed by atoms with Gasteiger partial charge in [0.15, 0.2) is 0 Å². The molecule has 6 heteroatoms. The lowest BCUT2D eigenvalue weighted by molar-refractivity contribution is -0.421. The number of alkyl halides is 3. The van der Waals surface area contributed by atoms with Crippen molar-refractivity contribution in [1.82, 2.24) is 9.55 Å². The van der Waals surface area contributed by atoms with Crippen LogP contribution in [0.3, 0.4) is 0 Å². The van der Waals surface area contributed by atoms with Gasteiger partial charge in [-0.1, -0.05) is 0 Å². The molecule has 3 N–H and O–H groups in total. The smallest absolute Gasteiger partial charge is 0.350 e. The molecular formula is C12H13F3N3+. The molecule has 0 fully saturated rings. The first-order valence-electron chi connectivity index (χ1n) is 5.42. The van der Waals surface area contributed by atoms with Crippen LogP contribution in [0.15, 0.2) is 36.8 Å². The zero-order chi connectivity index (χ0) is 13.3. The number of imidazole rings is 1. The molecule has 2 rings (SSSR count). The minimum atomic E-state index is -4.31. The van der Waals surface area contributed by atoms with Gasteiger partial charge >= 0.3 is 6.18 Å². The number of hydrogen-bond donors (Lipinski definition) is 1. The first kappa shape index (κ1) is 12.6. The summed E-state index contributed by atoms with van der Waals surface area (Å²) in [5.74, 6) is 0. The van der Waals surface area contributed by atoms with E-state index in [-0.39, 0.29) is 6.04 Å². The predicted octanol–water partition coefficient (Wildman–Crippen LogP) is 2.19. The summed E-state index contributed by atoms with van der Waals surface area (Å²) in [7, 11) is 0. The van der Waals surface area contributed by atoms with Gasteiger partial charge in [-0.2, -0.15) is 13.2 Å². The molecular weight excluding hydrogens is 243 g/mol. The van der Waals surface area contributed by atoms with Crippen molar-refractivity contribution in [3.63, 3.8) is 0 Å². The Hall–Kier alpha value is -1.82. The summed E-state index contributed by atoms with van der Waals surface area (Å²) in [5.41, 5.74) is 4.62. The fraction of sp³-hybridized carbons (Fsp3) is 0.250. The SMILES string of the molecule is C[C@H]([NH3+])c1cn(-c2ccc(C(F)(F)F)cc2)cn1.